The van der Waals surface area contributed by atoms with Crippen molar-refractivity contribution in [3.63, 3.8) is 0 Å². The molecule has 0 aliphatic carbocycles. The van der Waals surface area contributed by atoms with Crippen LogP contribution in [0.2, 0.25) is 0 Å². The van der Waals surface area contributed by atoms with Gasteiger partial charge in [0, 0.05) is 5.57 Å². The fraction of sp³-hybridized carbons (Fsp3) is 0.636. The quantitative estimate of drug-likeness (QED) is 0.284. The van der Waals surface area contributed by atoms with E-state index >= 15 is 0 Å². The first-order valence-electron chi connectivity index (χ1n) is 6.28. The smallest absolute Gasteiger partial charge is 0.332 e. The van der Waals surface area contributed by atoms with Gasteiger partial charge in [-0.3, -0.25) is 13.9 Å². The second-order valence-electron chi connectivity index (χ2n) is 4.95. The largest absolute Gasteiger partial charge is 0.481 e. The summed E-state index contributed by atoms with van der Waals surface area (Å²) in [6.07, 6.45) is -1.72. The van der Waals surface area contributed by atoms with Gasteiger partial charge in [-0.1, -0.05) is 6.58 Å². The first-order chi connectivity index (χ1) is 10.2. The average Bonchev–Trinajstić information content (AvgIpc) is 2.32. The van der Waals surface area contributed by atoms with Gasteiger partial charge in [0.05, 0.1) is 16.9 Å². The molecule has 0 fully saturated rings. The summed E-state index contributed by atoms with van der Waals surface area (Å²) in [4.78, 5) is 22.6. The summed E-state index contributed by atoms with van der Waals surface area (Å²) in [6.45, 7) is 3.17. The molecule has 134 valence electrons. The van der Waals surface area contributed by atoms with Crippen LogP contribution in [-0.4, -0.2) is 59.6 Å². The summed E-state index contributed by atoms with van der Waals surface area (Å²) < 4.78 is 60.1. The zero-order chi connectivity index (χ0) is 18.5. The molecule has 0 amide bonds. The fourth-order valence-electron chi connectivity index (χ4n) is 2.09. The molecule has 4 N–H and O–H groups in total. The minimum Gasteiger partial charge on any atom is -0.481 e. The fourth-order valence-corrected chi connectivity index (χ4v) is 3.11. The number of aliphatic carboxylic acids is 2. The van der Waals surface area contributed by atoms with Gasteiger partial charge in [-0.25, -0.2) is 4.79 Å². The molecule has 23 heavy (non-hydrogen) atoms. The summed E-state index contributed by atoms with van der Waals surface area (Å²) in [5.41, 5.74) is -2.85. The zero-order valence-corrected chi connectivity index (χ0v) is 13.6. The van der Waals surface area contributed by atoms with Gasteiger partial charge < -0.3 is 10.2 Å². The molecule has 0 aromatic carbocycles. The van der Waals surface area contributed by atoms with E-state index in [4.69, 9.17) is 14.2 Å². The highest BCUT2D eigenvalue weighted by molar-refractivity contribution is 7.86. The standard InChI is InChI=1S/C11H18O10S2/c1-8(9(12)13)11(10(14)15,4-2-6-22(16,17)18)5-3-7-23(19,20)21/h1-7H2,(H,12,13)(H,14,15)(H,16,17,18)(H,19,20,21). The number of hydrogen-bond donors (Lipinski definition) is 4. The second kappa shape index (κ2) is 7.86. The maximum Gasteiger partial charge on any atom is 0.332 e. The number of carboxylic acids is 2. The topological polar surface area (TPSA) is 183 Å². The molecule has 0 spiro atoms. The zero-order valence-electron chi connectivity index (χ0n) is 12.0. The Hall–Kier alpha value is -1.50. The van der Waals surface area contributed by atoms with E-state index in [0.29, 0.717) is 0 Å². The molecule has 0 aromatic rings. The predicted molar refractivity (Wildman–Crippen MR) is 78.1 cm³/mol. The van der Waals surface area contributed by atoms with Crippen molar-refractivity contribution in [1.29, 1.82) is 0 Å². The van der Waals surface area contributed by atoms with Crippen molar-refractivity contribution >= 4 is 32.2 Å². The van der Waals surface area contributed by atoms with Crippen LogP contribution in [0, 0.1) is 5.41 Å². The molecule has 0 bridgehead atoms. The summed E-state index contributed by atoms with van der Waals surface area (Å²) in [6, 6.07) is 0. The van der Waals surface area contributed by atoms with Crippen molar-refractivity contribution in [2.45, 2.75) is 25.7 Å². The first kappa shape index (κ1) is 21.5. The van der Waals surface area contributed by atoms with E-state index in [2.05, 4.69) is 6.58 Å². The van der Waals surface area contributed by atoms with Gasteiger partial charge in [0.15, 0.2) is 0 Å². The Bertz CT molecular complexity index is 636. The van der Waals surface area contributed by atoms with Crippen LogP contribution in [0.25, 0.3) is 0 Å². The monoisotopic (exact) mass is 374 g/mol. The van der Waals surface area contributed by atoms with Crippen LogP contribution in [0.3, 0.4) is 0 Å². The lowest BCUT2D eigenvalue weighted by Crippen LogP contribution is -2.37. The number of carboxylic acid groups (broad SMARTS) is 2. The van der Waals surface area contributed by atoms with Crippen LogP contribution in [0.15, 0.2) is 12.2 Å². The maximum atomic E-state index is 11.5. The molecule has 0 heterocycles. The van der Waals surface area contributed by atoms with Crippen LogP contribution in [0.5, 0.6) is 0 Å². The van der Waals surface area contributed by atoms with E-state index in [1.807, 2.05) is 0 Å². The molecular weight excluding hydrogens is 356 g/mol. The molecule has 0 aliphatic heterocycles. The van der Waals surface area contributed by atoms with Gasteiger partial charge >= 0.3 is 11.9 Å². The Morgan fingerprint density at radius 2 is 1.22 bits per heavy atom. The molecule has 0 saturated carbocycles. The third kappa shape index (κ3) is 7.54. The van der Waals surface area contributed by atoms with E-state index in [9.17, 15) is 31.5 Å². The second-order valence-corrected chi connectivity index (χ2v) is 8.09. The molecule has 0 atom stereocenters. The van der Waals surface area contributed by atoms with E-state index in [1.165, 1.54) is 0 Å². The van der Waals surface area contributed by atoms with Crippen LogP contribution >= 0.6 is 0 Å². The number of rotatable bonds is 11. The Balaban J connectivity index is 5.40. The molecule has 0 aromatic heterocycles. The van der Waals surface area contributed by atoms with Gasteiger partial charge in [-0.2, -0.15) is 16.8 Å². The lowest BCUT2D eigenvalue weighted by atomic mass is 9.73. The van der Waals surface area contributed by atoms with Crippen LogP contribution in [0.1, 0.15) is 25.7 Å². The van der Waals surface area contributed by atoms with Gasteiger partial charge in [-0.15, -0.1) is 0 Å². The lowest BCUT2D eigenvalue weighted by molar-refractivity contribution is -0.151. The number of carbonyl (C=O) groups is 2. The molecule has 0 radical (unpaired) electrons. The Morgan fingerprint density at radius 1 is 0.870 bits per heavy atom. The van der Waals surface area contributed by atoms with Crippen molar-refractivity contribution in [3.05, 3.63) is 12.2 Å². The van der Waals surface area contributed by atoms with Crippen molar-refractivity contribution in [3.8, 4) is 0 Å². The van der Waals surface area contributed by atoms with Crippen molar-refractivity contribution in [2.75, 3.05) is 11.5 Å². The Morgan fingerprint density at radius 3 is 1.43 bits per heavy atom. The van der Waals surface area contributed by atoms with Crippen molar-refractivity contribution in [2.24, 2.45) is 5.41 Å². The highest BCUT2D eigenvalue weighted by Crippen LogP contribution is 2.38. The molecule has 0 saturated heterocycles. The van der Waals surface area contributed by atoms with Gasteiger partial charge in [-0.05, 0) is 25.7 Å². The molecular formula is C11H18O10S2. The first-order valence-corrected chi connectivity index (χ1v) is 9.49. The van der Waals surface area contributed by atoms with E-state index in [1.54, 1.807) is 0 Å². The predicted octanol–water partition coefficient (Wildman–Crippen LogP) is 0.0342. The highest BCUT2D eigenvalue weighted by Gasteiger charge is 2.43. The molecule has 0 aliphatic rings. The molecule has 12 heteroatoms. The van der Waals surface area contributed by atoms with Crippen molar-refractivity contribution < 1.29 is 45.7 Å². The molecule has 10 nitrogen and oxygen atoms in total. The summed E-state index contributed by atoms with van der Waals surface area (Å²) in [5.74, 6) is -4.82. The average molecular weight is 374 g/mol. The third-order valence-electron chi connectivity index (χ3n) is 3.26. The highest BCUT2D eigenvalue weighted by atomic mass is 32.2. The summed E-state index contributed by atoms with van der Waals surface area (Å²) in [7, 11) is -8.74. The minimum absolute atomic E-state index is 0.372. The normalized spacial score (nSPS) is 12.8. The lowest BCUT2D eigenvalue weighted by Gasteiger charge is -2.29. The minimum atomic E-state index is -4.37. The van der Waals surface area contributed by atoms with Gasteiger partial charge in [0.1, 0.15) is 0 Å². The summed E-state index contributed by atoms with van der Waals surface area (Å²) >= 11 is 0. The molecule has 0 unspecified atom stereocenters. The molecule has 0 rings (SSSR count). The summed E-state index contributed by atoms with van der Waals surface area (Å²) in [5, 5.41) is 18.3. The van der Waals surface area contributed by atoms with E-state index in [-0.39, 0.29) is 12.8 Å². The van der Waals surface area contributed by atoms with E-state index < -0.39 is 67.5 Å². The maximum absolute atomic E-state index is 11.5. The van der Waals surface area contributed by atoms with E-state index in [0.717, 1.165) is 0 Å². The number of hydrogen-bond acceptors (Lipinski definition) is 6. The SMILES string of the molecule is C=C(C(=O)O)C(CCCS(=O)(=O)O)(CCCS(=O)(=O)O)C(=O)O. The van der Waals surface area contributed by atoms with Crippen molar-refractivity contribution in [1.82, 2.24) is 0 Å². The van der Waals surface area contributed by atoms with Crippen LogP contribution in [0.4, 0.5) is 0 Å². The van der Waals surface area contributed by atoms with Crippen LogP contribution < -0.4 is 0 Å². The Labute approximate surface area is 133 Å². The third-order valence-corrected chi connectivity index (χ3v) is 4.87. The van der Waals surface area contributed by atoms with Gasteiger partial charge in [0.25, 0.3) is 20.2 Å². The van der Waals surface area contributed by atoms with Gasteiger partial charge in [0.2, 0.25) is 0 Å². The Kier molecular flexibility index (Phi) is 7.34. The van der Waals surface area contributed by atoms with Crippen LogP contribution in [-0.2, 0) is 29.8 Å².